The number of hydrogen-bond acceptors (Lipinski definition) is 6. The van der Waals surface area contributed by atoms with Crippen LogP contribution in [0.15, 0.2) is 59.4 Å². The van der Waals surface area contributed by atoms with Gasteiger partial charge >= 0.3 is 5.97 Å². The fraction of sp³-hybridized carbons (Fsp3) is 0.200. The van der Waals surface area contributed by atoms with Crippen molar-refractivity contribution in [2.75, 3.05) is 11.9 Å². The molecule has 8 heteroatoms. The number of fused-ring (bicyclic) bond motifs is 1. The van der Waals surface area contributed by atoms with Crippen molar-refractivity contribution in [1.82, 2.24) is 9.78 Å². The monoisotopic (exact) mass is 461 g/mol. The number of aryl methyl sites for hydroxylation is 2. The fourth-order valence-electron chi connectivity index (χ4n) is 3.53. The summed E-state index contributed by atoms with van der Waals surface area (Å²) < 4.78 is 6.32. The first-order chi connectivity index (χ1) is 15.9. The van der Waals surface area contributed by atoms with Crippen LogP contribution in [0.3, 0.4) is 0 Å². The molecule has 2 aromatic carbocycles. The Morgan fingerprint density at radius 1 is 1.06 bits per heavy atom. The maximum absolute atomic E-state index is 12.8. The molecule has 0 aliphatic heterocycles. The second kappa shape index (κ2) is 9.38. The van der Waals surface area contributed by atoms with Gasteiger partial charge in [0.05, 0.1) is 23.4 Å². The molecule has 7 nitrogen and oxygen atoms in total. The van der Waals surface area contributed by atoms with Gasteiger partial charge in [-0.15, -0.1) is 11.3 Å². The van der Waals surface area contributed by atoms with Gasteiger partial charge in [-0.25, -0.2) is 9.48 Å². The van der Waals surface area contributed by atoms with Gasteiger partial charge in [-0.1, -0.05) is 48.0 Å². The van der Waals surface area contributed by atoms with E-state index in [4.69, 9.17) is 4.74 Å². The zero-order valence-corrected chi connectivity index (χ0v) is 19.4. The Morgan fingerprint density at radius 3 is 2.45 bits per heavy atom. The van der Waals surface area contributed by atoms with Crippen LogP contribution in [0.5, 0.6) is 0 Å². The van der Waals surface area contributed by atoms with Gasteiger partial charge in [0, 0.05) is 10.3 Å². The molecule has 0 aliphatic carbocycles. The zero-order valence-electron chi connectivity index (χ0n) is 18.5. The molecule has 1 N–H and O–H groups in total. The summed E-state index contributed by atoms with van der Waals surface area (Å²) in [6.45, 7) is 5.47. The zero-order chi connectivity index (χ0) is 23.5. The van der Waals surface area contributed by atoms with Gasteiger partial charge in [-0.05, 0) is 38.5 Å². The van der Waals surface area contributed by atoms with Crippen LogP contribution >= 0.6 is 11.3 Å². The molecular formula is C25H23N3O4S. The van der Waals surface area contributed by atoms with Crippen molar-refractivity contribution in [3.8, 4) is 10.4 Å². The van der Waals surface area contributed by atoms with Crippen molar-refractivity contribution < 1.29 is 14.3 Å². The van der Waals surface area contributed by atoms with E-state index in [0.717, 1.165) is 26.1 Å². The fourth-order valence-corrected chi connectivity index (χ4v) is 4.54. The molecule has 4 rings (SSSR count). The summed E-state index contributed by atoms with van der Waals surface area (Å²) in [6, 6.07) is 16.8. The number of benzene rings is 2. The molecule has 0 bridgehead atoms. The normalized spacial score (nSPS) is 10.9. The molecule has 0 fully saturated rings. The van der Waals surface area contributed by atoms with Crippen LogP contribution in [0.2, 0.25) is 0 Å². The minimum Gasteiger partial charge on any atom is -0.462 e. The number of carbonyl (C=O) groups excluding carboxylic acids is 2. The lowest BCUT2D eigenvalue weighted by Crippen LogP contribution is -2.30. The Labute approximate surface area is 194 Å². The van der Waals surface area contributed by atoms with Crippen LogP contribution in [0.25, 0.3) is 21.2 Å². The molecule has 33 heavy (non-hydrogen) atoms. The topological polar surface area (TPSA) is 90.3 Å². The lowest BCUT2D eigenvalue weighted by Gasteiger charge is -2.09. The highest BCUT2D eigenvalue weighted by atomic mass is 32.1. The first-order valence-electron chi connectivity index (χ1n) is 10.5. The van der Waals surface area contributed by atoms with E-state index in [1.54, 1.807) is 32.0 Å². The molecule has 4 aromatic rings. The van der Waals surface area contributed by atoms with Crippen LogP contribution < -0.4 is 10.9 Å². The quantitative estimate of drug-likeness (QED) is 0.425. The molecule has 168 valence electrons. The molecule has 0 unspecified atom stereocenters. The summed E-state index contributed by atoms with van der Waals surface area (Å²) in [5.41, 5.74) is 2.72. The number of ether oxygens (including phenoxy) is 1. The molecular weight excluding hydrogens is 438 g/mol. The average Bonchev–Trinajstić information content (AvgIpc) is 3.21. The molecule has 0 aliphatic rings. The van der Waals surface area contributed by atoms with Crippen LogP contribution in [0.4, 0.5) is 5.69 Å². The van der Waals surface area contributed by atoms with Crippen molar-refractivity contribution in [1.29, 1.82) is 0 Å². The van der Waals surface area contributed by atoms with Gasteiger partial charge in [-0.2, -0.15) is 5.10 Å². The molecule has 0 saturated heterocycles. The highest BCUT2D eigenvalue weighted by molar-refractivity contribution is 7.18. The number of rotatable bonds is 6. The molecule has 0 atom stereocenters. The Morgan fingerprint density at radius 2 is 1.76 bits per heavy atom. The van der Waals surface area contributed by atoms with Crippen molar-refractivity contribution in [3.05, 3.63) is 81.1 Å². The molecule has 0 radical (unpaired) electrons. The van der Waals surface area contributed by atoms with E-state index >= 15 is 0 Å². The summed E-state index contributed by atoms with van der Waals surface area (Å²) in [7, 11) is 0. The number of amides is 1. The van der Waals surface area contributed by atoms with Crippen molar-refractivity contribution in [2.45, 2.75) is 27.3 Å². The number of anilines is 1. The summed E-state index contributed by atoms with van der Waals surface area (Å²) >= 11 is 1.25. The Balaban J connectivity index is 1.64. The van der Waals surface area contributed by atoms with E-state index in [0.29, 0.717) is 21.6 Å². The van der Waals surface area contributed by atoms with Gasteiger partial charge in [0.2, 0.25) is 5.91 Å². The lowest BCUT2D eigenvalue weighted by atomic mass is 10.1. The third kappa shape index (κ3) is 4.70. The van der Waals surface area contributed by atoms with Crippen LogP contribution in [-0.2, 0) is 16.1 Å². The summed E-state index contributed by atoms with van der Waals surface area (Å²) in [4.78, 5) is 39.3. The lowest BCUT2D eigenvalue weighted by molar-refractivity contribution is -0.117. The predicted molar refractivity (Wildman–Crippen MR) is 130 cm³/mol. The van der Waals surface area contributed by atoms with Crippen molar-refractivity contribution in [2.24, 2.45) is 0 Å². The molecule has 2 heterocycles. The first kappa shape index (κ1) is 22.4. The van der Waals surface area contributed by atoms with E-state index in [1.165, 1.54) is 11.3 Å². The van der Waals surface area contributed by atoms with E-state index in [1.807, 2.05) is 43.3 Å². The smallest absolute Gasteiger partial charge is 0.350 e. The maximum atomic E-state index is 12.8. The molecule has 0 spiro atoms. The molecule has 0 saturated carbocycles. The standard InChI is InChI=1S/C25H23N3O4S/c1-4-32-25(31)23-20(13-21(33-23)17-11-9-15(2)10-12-17)26-22(29)14-28-24(30)19-8-6-5-7-18(19)16(3)27-28/h5-13H,4,14H2,1-3H3,(H,26,29). The summed E-state index contributed by atoms with van der Waals surface area (Å²) in [6.07, 6.45) is 0. The van der Waals surface area contributed by atoms with Crippen LogP contribution in [0, 0.1) is 13.8 Å². The largest absolute Gasteiger partial charge is 0.462 e. The summed E-state index contributed by atoms with van der Waals surface area (Å²) in [5, 5.41) is 8.31. The van der Waals surface area contributed by atoms with E-state index < -0.39 is 11.9 Å². The Kier molecular flexibility index (Phi) is 6.37. The van der Waals surface area contributed by atoms with E-state index in [-0.39, 0.29) is 18.7 Å². The molecule has 1 amide bonds. The number of nitrogens with zero attached hydrogens (tertiary/aromatic N) is 2. The molecule has 2 aromatic heterocycles. The number of thiophene rings is 1. The Hall–Kier alpha value is -3.78. The highest BCUT2D eigenvalue weighted by Crippen LogP contribution is 2.35. The number of nitrogens with one attached hydrogen (secondary N) is 1. The van der Waals surface area contributed by atoms with Gasteiger partial charge in [-0.3, -0.25) is 9.59 Å². The average molecular weight is 462 g/mol. The van der Waals surface area contributed by atoms with E-state index in [9.17, 15) is 14.4 Å². The third-order valence-electron chi connectivity index (χ3n) is 5.15. The predicted octanol–water partition coefficient (Wildman–Crippen LogP) is 4.56. The second-order valence-electron chi connectivity index (χ2n) is 7.58. The minimum atomic E-state index is -0.506. The minimum absolute atomic E-state index is 0.222. The summed E-state index contributed by atoms with van der Waals surface area (Å²) in [5.74, 6) is -0.967. The number of carbonyl (C=O) groups is 2. The number of esters is 1. The second-order valence-corrected chi connectivity index (χ2v) is 8.63. The van der Waals surface area contributed by atoms with Gasteiger partial charge in [0.25, 0.3) is 5.56 Å². The van der Waals surface area contributed by atoms with Gasteiger partial charge in [0.1, 0.15) is 11.4 Å². The SMILES string of the molecule is CCOC(=O)c1sc(-c2ccc(C)cc2)cc1NC(=O)Cn1nc(C)c2ccccc2c1=O. The van der Waals surface area contributed by atoms with Gasteiger partial charge in [0.15, 0.2) is 0 Å². The van der Waals surface area contributed by atoms with Crippen LogP contribution in [0.1, 0.15) is 27.9 Å². The van der Waals surface area contributed by atoms with Crippen molar-refractivity contribution in [3.63, 3.8) is 0 Å². The van der Waals surface area contributed by atoms with Gasteiger partial charge < -0.3 is 10.1 Å². The van der Waals surface area contributed by atoms with Crippen molar-refractivity contribution >= 4 is 39.7 Å². The maximum Gasteiger partial charge on any atom is 0.350 e. The van der Waals surface area contributed by atoms with Crippen LogP contribution in [-0.4, -0.2) is 28.3 Å². The highest BCUT2D eigenvalue weighted by Gasteiger charge is 2.21. The third-order valence-corrected chi connectivity index (χ3v) is 6.31. The van der Waals surface area contributed by atoms with E-state index in [2.05, 4.69) is 10.4 Å². The number of hydrogen-bond donors (Lipinski definition) is 1. The first-order valence-corrected chi connectivity index (χ1v) is 11.3. The number of aromatic nitrogens is 2. The Bertz CT molecular complexity index is 1400.